The van der Waals surface area contributed by atoms with Crippen LogP contribution in [0.3, 0.4) is 0 Å². The van der Waals surface area contributed by atoms with E-state index in [1.54, 1.807) is 0 Å². The van der Waals surface area contributed by atoms with Crippen molar-refractivity contribution in [3.05, 3.63) is 29.8 Å². The highest BCUT2D eigenvalue weighted by Crippen LogP contribution is 2.37. The smallest absolute Gasteiger partial charge is 0.0342 e. The van der Waals surface area contributed by atoms with Gasteiger partial charge in [0.15, 0.2) is 0 Å². The van der Waals surface area contributed by atoms with Crippen molar-refractivity contribution in [2.24, 2.45) is 5.41 Å². The normalized spacial score (nSPS) is 23.4. The average molecular weight is 231 g/mol. The van der Waals surface area contributed by atoms with Gasteiger partial charge in [0.05, 0.1) is 0 Å². The van der Waals surface area contributed by atoms with E-state index in [2.05, 4.69) is 50.4 Å². The monoisotopic (exact) mass is 231 g/mol. The molecular formula is C16H25N. The molecule has 0 aliphatic heterocycles. The topological polar surface area (TPSA) is 12.0 Å². The van der Waals surface area contributed by atoms with Crippen molar-refractivity contribution in [2.75, 3.05) is 5.32 Å². The SMILES string of the molecule is CCc1ccc(NC2CCCCC2(C)C)cc1. The number of rotatable bonds is 3. The lowest BCUT2D eigenvalue weighted by atomic mass is 9.73. The first-order valence-electron chi connectivity index (χ1n) is 6.97. The van der Waals surface area contributed by atoms with E-state index >= 15 is 0 Å². The van der Waals surface area contributed by atoms with E-state index < -0.39 is 0 Å². The molecule has 1 heteroatoms. The summed E-state index contributed by atoms with van der Waals surface area (Å²) in [5.41, 5.74) is 3.13. The van der Waals surface area contributed by atoms with Crippen molar-refractivity contribution in [2.45, 2.75) is 58.9 Å². The van der Waals surface area contributed by atoms with Crippen LogP contribution in [0.15, 0.2) is 24.3 Å². The van der Waals surface area contributed by atoms with Gasteiger partial charge < -0.3 is 5.32 Å². The van der Waals surface area contributed by atoms with Crippen LogP contribution in [-0.4, -0.2) is 6.04 Å². The van der Waals surface area contributed by atoms with Gasteiger partial charge in [-0.25, -0.2) is 0 Å². The van der Waals surface area contributed by atoms with Crippen LogP contribution in [0.2, 0.25) is 0 Å². The molecule has 17 heavy (non-hydrogen) atoms. The third kappa shape index (κ3) is 3.02. The zero-order valence-corrected chi connectivity index (χ0v) is 11.4. The third-order valence-electron chi connectivity index (χ3n) is 4.21. The van der Waals surface area contributed by atoms with Crippen LogP contribution in [0.1, 0.15) is 52.0 Å². The highest BCUT2D eigenvalue weighted by atomic mass is 14.9. The van der Waals surface area contributed by atoms with Gasteiger partial charge in [-0.2, -0.15) is 0 Å². The molecule has 0 aromatic heterocycles. The van der Waals surface area contributed by atoms with Crippen LogP contribution in [0.25, 0.3) is 0 Å². The number of aryl methyl sites for hydroxylation is 1. The predicted molar refractivity (Wildman–Crippen MR) is 75.5 cm³/mol. The van der Waals surface area contributed by atoms with Gasteiger partial charge in [0.2, 0.25) is 0 Å². The summed E-state index contributed by atoms with van der Waals surface area (Å²) < 4.78 is 0. The Morgan fingerprint density at radius 3 is 2.47 bits per heavy atom. The highest BCUT2D eigenvalue weighted by Gasteiger charge is 2.31. The molecular weight excluding hydrogens is 206 g/mol. The Morgan fingerprint density at radius 1 is 1.18 bits per heavy atom. The van der Waals surface area contributed by atoms with Gasteiger partial charge in [-0.3, -0.25) is 0 Å². The molecule has 0 heterocycles. The molecule has 1 nitrogen and oxygen atoms in total. The van der Waals surface area contributed by atoms with Gasteiger partial charge >= 0.3 is 0 Å². The fourth-order valence-corrected chi connectivity index (χ4v) is 2.80. The second-order valence-corrected chi connectivity index (χ2v) is 5.98. The molecule has 1 saturated carbocycles. The molecule has 1 aliphatic rings. The van der Waals surface area contributed by atoms with Crippen LogP contribution in [0, 0.1) is 5.41 Å². The molecule has 1 fully saturated rings. The Hall–Kier alpha value is -0.980. The number of anilines is 1. The van der Waals surface area contributed by atoms with Crippen molar-refractivity contribution in [3.8, 4) is 0 Å². The van der Waals surface area contributed by atoms with Crippen molar-refractivity contribution >= 4 is 5.69 Å². The Bertz CT molecular complexity index is 350. The van der Waals surface area contributed by atoms with E-state index in [0.29, 0.717) is 11.5 Å². The lowest BCUT2D eigenvalue weighted by molar-refractivity contribution is 0.217. The molecule has 0 amide bonds. The highest BCUT2D eigenvalue weighted by molar-refractivity contribution is 5.46. The van der Waals surface area contributed by atoms with E-state index in [9.17, 15) is 0 Å². The van der Waals surface area contributed by atoms with Gasteiger partial charge in [0.25, 0.3) is 0 Å². The average Bonchev–Trinajstić information content (AvgIpc) is 2.33. The second-order valence-electron chi connectivity index (χ2n) is 5.98. The number of hydrogen-bond acceptors (Lipinski definition) is 1. The van der Waals surface area contributed by atoms with Gasteiger partial charge in [-0.05, 0) is 42.4 Å². The van der Waals surface area contributed by atoms with Gasteiger partial charge in [-0.15, -0.1) is 0 Å². The molecule has 94 valence electrons. The molecule has 0 spiro atoms. The Labute approximate surface area is 106 Å². The molecule has 2 rings (SSSR count). The van der Waals surface area contributed by atoms with E-state index in [0.717, 1.165) is 6.42 Å². The van der Waals surface area contributed by atoms with Gasteiger partial charge in [-0.1, -0.05) is 45.7 Å². The summed E-state index contributed by atoms with van der Waals surface area (Å²) in [6, 6.07) is 9.55. The van der Waals surface area contributed by atoms with E-state index in [1.165, 1.54) is 36.9 Å². The first-order chi connectivity index (χ1) is 8.12. The summed E-state index contributed by atoms with van der Waals surface area (Å²) in [6.45, 7) is 6.99. The van der Waals surface area contributed by atoms with Crippen LogP contribution in [-0.2, 0) is 6.42 Å². The van der Waals surface area contributed by atoms with Crippen molar-refractivity contribution in [3.63, 3.8) is 0 Å². The fourth-order valence-electron chi connectivity index (χ4n) is 2.80. The molecule has 1 aliphatic carbocycles. The summed E-state index contributed by atoms with van der Waals surface area (Å²) in [5, 5.41) is 3.72. The van der Waals surface area contributed by atoms with Crippen molar-refractivity contribution in [1.82, 2.24) is 0 Å². The van der Waals surface area contributed by atoms with Crippen LogP contribution in [0.4, 0.5) is 5.69 Å². The zero-order chi connectivity index (χ0) is 12.3. The lowest BCUT2D eigenvalue weighted by Gasteiger charge is -2.39. The minimum atomic E-state index is 0.432. The van der Waals surface area contributed by atoms with Gasteiger partial charge in [0.1, 0.15) is 0 Å². The summed E-state index contributed by atoms with van der Waals surface area (Å²) >= 11 is 0. The molecule has 0 bridgehead atoms. The number of hydrogen-bond donors (Lipinski definition) is 1. The minimum Gasteiger partial charge on any atom is -0.382 e. The zero-order valence-electron chi connectivity index (χ0n) is 11.4. The Balaban J connectivity index is 2.03. The maximum Gasteiger partial charge on any atom is 0.0342 e. The fraction of sp³-hybridized carbons (Fsp3) is 0.625. The molecule has 1 aromatic rings. The summed E-state index contributed by atoms with van der Waals surface area (Å²) in [6.07, 6.45) is 6.53. The maximum atomic E-state index is 3.72. The molecule has 1 unspecified atom stereocenters. The van der Waals surface area contributed by atoms with Crippen LogP contribution >= 0.6 is 0 Å². The largest absolute Gasteiger partial charge is 0.382 e. The third-order valence-corrected chi connectivity index (χ3v) is 4.21. The van der Waals surface area contributed by atoms with Crippen molar-refractivity contribution < 1.29 is 0 Å². The summed E-state index contributed by atoms with van der Waals surface area (Å²) in [5.74, 6) is 0. The van der Waals surface area contributed by atoms with E-state index in [1.807, 2.05) is 0 Å². The molecule has 0 saturated heterocycles. The minimum absolute atomic E-state index is 0.432. The molecule has 1 atom stereocenters. The molecule has 0 radical (unpaired) electrons. The first kappa shape index (κ1) is 12.5. The predicted octanol–water partition coefficient (Wildman–Crippen LogP) is 4.63. The van der Waals surface area contributed by atoms with E-state index in [-0.39, 0.29) is 0 Å². The second kappa shape index (κ2) is 5.12. The number of nitrogens with one attached hydrogen (secondary N) is 1. The Morgan fingerprint density at radius 2 is 1.88 bits per heavy atom. The molecule has 1 N–H and O–H groups in total. The van der Waals surface area contributed by atoms with Crippen LogP contribution in [0.5, 0.6) is 0 Å². The summed E-state index contributed by atoms with van der Waals surface area (Å²) in [7, 11) is 0. The van der Waals surface area contributed by atoms with Crippen molar-refractivity contribution in [1.29, 1.82) is 0 Å². The quantitative estimate of drug-likeness (QED) is 0.799. The Kier molecular flexibility index (Phi) is 3.76. The molecule has 1 aromatic carbocycles. The maximum absolute atomic E-state index is 3.72. The number of benzene rings is 1. The van der Waals surface area contributed by atoms with E-state index in [4.69, 9.17) is 0 Å². The van der Waals surface area contributed by atoms with Crippen LogP contribution < -0.4 is 5.32 Å². The first-order valence-corrected chi connectivity index (χ1v) is 6.97. The summed E-state index contributed by atoms with van der Waals surface area (Å²) in [4.78, 5) is 0. The van der Waals surface area contributed by atoms with Gasteiger partial charge in [0, 0.05) is 11.7 Å². The lowest BCUT2D eigenvalue weighted by Crippen LogP contribution is -2.38. The standard InChI is InChI=1S/C16H25N/c1-4-13-8-10-14(11-9-13)17-15-7-5-6-12-16(15,2)3/h8-11,15,17H,4-7,12H2,1-3H3.